The van der Waals surface area contributed by atoms with Crippen molar-refractivity contribution in [3.63, 3.8) is 0 Å². The number of nitrogens with zero attached hydrogens (tertiary/aromatic N) is 4. The molecule has 0 spiro atoms. The molecule has 2 atom stereocenters. The van der Waals surface area contributed by atoms with Crippen molar-refractivity contribution in [2.24, 2.45) is 11.0 Å². The Labute approximate surface area is 188 Å². The summed E-state index contributed by atoms with van der Waals surface area (Å²) in [6, 6.07) is 30.1. The highest BCUT2D eigenvalue weighted by molar-refractivity contribution is 6.14. The van der Waals surface area contributed by atoms with Gasteiger partial charge in [-0.3, -0.25) is 4.90 Å². The minimum Gasteiger partial charge on any atom is -0.342 e. The third-order valence-electron chi connectivity index (χ3n) is 7.07. The first-order valence-electron chi connectivity index (χ1n) is 11.4. The lowest BCUT2D eigenvalue weighted by atomic mass is 9.90. The lowest BCUT2D eigenvalue weighted by Gasteiger charge is -2.36. The highest BCUT2D eigenvalue weighted by Crippen LogP contribution is 2.50. The fraction of sp³-hybridized carbons (Fsp3) is 0.179. The Kier molecular flexibility index (Phi) is 3.82. The molecular weight excluding hydrogens is 392 g/mol. The van der Waals surface area contributed by atoms with Crippen molar-refractivity contribution < 1.29 is 0 Å². The summed E-state index contributed by atoms with van der Waals surface area (Å²) in [5.41, 5.74) is 7.85. The van der Waals surface area contributed by atoms with Gasteiger partial charge in [-0.2, -0.15) is 5.10 Å². The van der Waals surface area contributed by atoms with E-state index in [0.29, 0.717) is 0 Å². The van der Waals surface area contributed by atoms with Gasteiger partial charge in [0, 0.05) is 17.8 Å². The second-order valence-corrected chi connectivity index (χ2v) is 8.79. The van der Waals surface area contributed by atoms with E-state index in [2.05, 4.69) is 112 Å². The maximum Gasteiger partial charge on any atom is 0.162 e. The molecule has 0 N–H and O–H groups in total. The van der Waals surface area contributed by atoms with Gasteiger partial charge in [-0.1, -0.05) is 72.8 Å². The molecule has 3 aromatic carbocycles. The smallest absolute Gasteiger partial charge is 0.162 e. The highest BCUT2D eigenvalue weighted by Gasteiger charge is 2.48. The third-order valence-corrected chi connectivity index (χ3v) is 7.07. The standard InChI is InChI=1S/C28H24N4/c1-3-10-21(11-4-1)27-29-32(22-13-5-2-6-14-22)28-23-15-9-12-20-18-19-30(26(20)23)24-16-7-8-17-25(24)31(27)28/h1-11,13-17,23,28H,12,18-19H2. The highest BCUT2D eigenvalue weighted by atomic mass is 15.6. The van der Waals surface area contributed by atoms with Crippen molar-refractivity contribution in [1.29, 1.82) is 0 Å². The van der Waals surface area contributed by atoms with Crippen LogP contribution in [0.15, 0.2) is 113 Å². The van der Waals surface area contributed by atoms with Crippen LogP contribution in [-0.2, 0) is 0 Å². The summed E-state index contributed by atoms with van der Waals surface area (Å²) >= 11 is 0. The largest absolute Gasteiger partial charge is 0.342 e. The predicted molar refractivity (Wildman–Crippen MR) is 131 cm³/mol. The fourth-order valence-electron chi connectivity index (χ4n) is 5.73. The molecule has 0 saturated carbocycles. The van der Waals surface area contributed by atoms with Gasteiger partial charge in [0.25, 0.3) is 0 Å². The maximum atomic E-state index is 5.28. The lowest BCUT2D eigenvalue weighted by Crippen LogP contribution is -2.48. The van der Waals surface area contributed by atoms with Crippen LogP contribution in [0.1, 0.15) is 18.4 Å². The predicted octanol–water partition coefficient (Wildman–Crippen LogP) is 5.76. The minimum atomic E-state index is 0.0541. The first-order chi connectivity index (χ1) is 15.9. The van der Waals surface area contributed by atoms with Gasteiger partial charge in [-0.25, -0.2) is 5.01 Å². The Morgan fingerprint density at radius 1 is 0.781 bits per heavy atom. The second-order valence-electron chi connectivity index (χ2n) is 8.79. The van der Waals surface area contributed by atoms with E-state index in [1.807, 2.05) is 0 Å². The number of anilines is 3. The van der Waals surface area contributed by atoms with E-state index >= 15 is 0 Å². The average Bonchev–Trinajstić information content (AvgIpc) is 3.44. The van der Waals surface area contributed by atoms with E-state index in [4.69, 9.17) is 5.10 Å². The van der Waals surface area contributed by atoms with Crippen molar-refractivity contribution >= 4 is 22.9 Å². The van der Waals surface area contributed by atoms with Gasteiger partial charge >= 0.3 is 0 Å². The summed E-state index contributed by atoms with van der Waals surface area (Å²) in [7, 11) is 0. The van der Waals surface area contributed by atoms with Crippen LogP contribution in [0.2, 0.25) is 0 Å². The Morgan fingerprint density at radius 2 is 1.50 bits per heavy atom. The van der Waals surface area contributed by atoms with E-state index in [0.717, 1.165) is 36.5 Å². The average molecular weight is 417 g/mol. The molecule has 0 aromatic heterocycles. The second kappa shape index (κ2) is 6.86. The maximum absolute atomic E-state index is 5.28. The number of amidine groups is 1. The summed E-state index contributed by atoms with van der Waals surface area (Å²) in [5.74, 6) is 1.26. The van der Waals surface area contributed by atoms with Crippen LogP contribution >= 0.6 is 0 Å². The number of benzene rings is 3. The fourth-order valence-corrected chi connectivity index (χ4v) is 5.73. The number of hydrogen-bond donors (Lipinski definition) is 0. The number of fused-ring (bicyclic) bond motifs is 5. The van der Waals surface area contributed by atoms with Crippen LogP contribution in [0.5, 0.6) is 0 Å². The van der Waals surface area contributed by atoms with Crippen LogP contribution in [0.4, 0.5) is 17.1 Å². The Hall–Kier alpha value is -3.79. The normalized spacial score (nSPS) is 23.0. The molecule has 0 saturated heterocycles. The molecule has 156 valence electrons. The summed E-state index contributed by atoms with van der Waals surface area (Å²) in [5, 5.41) is 7.52. The molecule has 0 radical (unpaired) electrons. The summed E-state index contributed by atoms with van der Waals surface area (Å²) < 4.78 is 0. The summed E-state index contributed by atoms with van der Waals surface area (Å²) in [6.07, 6.45) is 7.05. The van der Waals surface area contributed by atoms with Gasteiger partial charge in [0.15, 0.2) is 5.84 Å². The van der Waals surface area contributed by atoms with Crippen LogP contribution < -0.4 is 14.8 Å². The van der Waals surface area contributed by atoms with E-state index in [9.17, 15) is 0 Å². The zero-order chi connectivity index (χ0) is 21.1. The zero-order valence-corrected chi connectivity index (χ0v) is 17.8. The first kappa shape index (κ1) is 17.8. The van der Waals surface area contributed by atoms with Crippen LogP contribution in [0, 0.1) is 5.92 Å². The van der Waals surface area contributed by atoms with E-state index in [1.54, 1.807) is 5.57 Å². The van der Waals surface area contributed by atoms with Crippen molar-refractivity contribution in [3.8, 4) is 0 Å². The minimum absolute atomic E-state index is 0.0541. The Morgan fingerprint density at radius 3 is 2.31 bits per heavy atom. The van der Waals surface area contributed by atoms with Gasteiger partial charge in [-0.05, 0) is 42.7 Å². The number of allylic oxidation sites excluding steroid dienone is 1. The van der Waals surface area contributed by atoms with Gasteiger partial charge in [0.2, 0.25) is 0 Å². The molecule has 4 nitrogen and oxygen atoms in total. The van der Waals surface area contributed by atoms with Crippen molar-refractivity contribution in [3.05, 3.63) is 114 Å². The lowest BCUT2D eigenvalue weighted by molar-refractivity contribution is 0.546. The summed E-state index contributed by atoms with van der Waals surface area (Å²) in [6.45, 7) is 1.06. The number of para-hydroxylation sites is 3. The first-order valence-corrected chi connectivity index (χ1v) is 11.4. The van der Waals surface area contributed by atoms with Gasteiger partial charge in [0.1, 0.15) is 6.17 Å². The van der Waals surface area contributed by atoms with Gasteiger partial charge in [0.05, 0.1) is 23.0 Å². The number of hydrogen-bond acceptors (Lipinski definition) is 4. The molecule has 4 heteroatoms. The van der Waals surface area contributed by atoms with Crippen LogP contribution in [-0.4, -0.2) is 18.5 Å². The Balaban J connectivity index is 1.51. The van der Waals surface area contributed by atoms with Crippen LogP contribution in [0.25, 0.3) is 0 Å². The molecule has 3 heterocycles. The van der Waals surface area contributed by atoms with Crippen molar-refractivity contribution in [1.82, 2.24) is 0 Å². The third kappa shape index (κ3) is 2.46. The molecule has 32 heavy (non-hydrogen) atoms. The van der Waals surface area contributed by atoms with E-state index in [1.165, 1.54) is 17.1 Å². The van der Waals surface area contributed by atoms with E-state index < -0.39 is 0 Å². The summed E-state index contributed by atoms with van der Waals surface area (Å²) in [4.78, 5) is 5.05. The molecule has 2 unspecified atom stereocenters. The molecular formula is C28H24N4. The topological polar surface area (TPSA) is 22.1 Å². The van der Waals surface area contributed by atoms with Gasteiger partial charge in [-0.15, -0.1) is 0 Å². The van der Waals surface area contributed by atoms with Crippen molar-refractivity contribution in [2.45, 2.75) is 19.0 Å². The molecule has 7 rings (SSSR count). The molecule has 0 fully saturated rings. The van der Waals surface area contributed by atoms with Crippen LogP contribution in [0.3, 0.4) is 0 Å². The molecule has 4 aliphatic rings. The monoisotopic (exact) mass is 416 g/mol. The molecule has 0 bridgehead atoms. The molecule has 1 aliphatic carbocycles. The van der Waals surface area contributed by atoms with E-state index in [-0.39, 0.29) is 12.1 Å². The van der Waals surface area contributed by atoms with Gasteiger partial charge < -0.3 is 4.90 Å². The molecule has 3 aromatic rings. The quantitative estimate of drug-likeness (QED) is 0.496. The number of rotatable bonds is 2. The molecule has 3 aliphatic heterocycles. The number of hydrazone groups is 1. The Bertz CT molecular complexity index is 1280. The van der Waals surface area contributed by atoms with Crippen molar-refractivity contribution in [2.75, 3.05) is 21.4 Å². The molecule has 0 amide bonds. The SMILES string of the molecule is C1=CC2C3=C(C1)CCN3c1ccccc1N1C(c3ccccc3)=NN(c3ccccc3)C21. The zero-order valence-electron chi connectivity index (χ0n) is 17.8.